The molecule has 5 rings (SSSR count). The van der Waals surface area contributed by atoms with Crippen LogP contribution in [0.3, 0.4) is 0 Å². The van der Waals surface area contributed by atoms with Crippen LogP contribution in [0, 0.1) is 5.82 Å². The summed E-state index contributed by atoms with van der Waals surface area (Å²) >= 11 is 6.36. The van der Waals surface area contributed by atoms with Crippen LogP contribution in [-0.2, 0) is 4.74 Å². The first kappa shape index (κ1) is 21.8. The van der Waals surface area contributed by atoms with Gasteiger partial charge in [-0.3, -0.25) is 0 Å². The molecule has 2 aliphatic heterocycles. The van der Waals surface area contributed by atoms with E-state index in [1.54, 1.807) is 12.4 Å². The van der Waals surface area contributed by atoms with Gasteiger partial charge < -0.3 is 29.7 Å². The summed E-state index contributed by atoms with van der Waals surface area (Å²) in [4.78, 5) is 25.2. The van der Waals surface area contributed by atoms with Gasteiger partial charge in [0, 0.05) is 18.7 Å². The van der Waals surface area contributed by atoms with Crippen LogP contribution < -0.4 is 5.32 Å². The zero-order valence-electron chi connectivity index (χ0n) is 17.5. The number of carboxylic acid groups (broad SMARTS) is 1. The molecule has 12 heteroatoms. The van der Waals surface area contributed by atoms with Crippen LogP contribution in [0.5, 0.6) is 0 Å². The molecule has 3 N–H and O–H groups in total. The molecule has 174 valence electrons. The van der Waals surface area contributed by atoms with Crippen LogP contribution in [0.1, 0.15) is 18.9 Å². The van der Waals surface area contributed by atoms with Gasteiger partial charge in [0.05, 0.1) is 60.1 Å². The number of rotatable bonds is 4. The summed E-state index contributed by atoms with van der Waals surface area (Å²) in [6.45, 7) is 1.46. The highest BCUT2D eigenvalue weighted by Gasteiger charge is 2.30. The molecule has 10 nitrogen and oxygen atoms in total. The van der Waals surface area contributed by atoms with E-state index in [-0.39, 0.29) is 35.6 Å². The van der Waals surface area contributed by atoms with Crippen molar-refractivity contribution in [1.82, 2.24) is 24.4 Å². The number of amides is 1. The number of nitrogens with one attached hydrogen (secondary N) is 1. The first-order chi connectivity index (χ1) is 15.9. The second-order valence-electron chi connectivity index (χ2n) is 8.22. The second kappa shape index (κ2) is 8.73. The Morgan fingerprint density at radius 3 is 2.88 bits per heavy atom. The molecule has 2 fully saturated rings. The average Bonchev–Trinajstić information content (AvgIpc) is 3.46. The van der Waals surface area contributed by atoms with E-state index >= 15 is 0 Å². The Morgan fingerprint density at radius 1 is 1.30 bits per heavy atom. The summed E-state index contributed by atoms with van der Waals surface area (Å²) in [7, 11) is 0. The molecule has 0 radical (unpaired) electrons. The third-order valence-electron chi connectivity index (χ3n) is 6.12. The van der Waals surface area contributed by atoms with Crippen LogP contribution in [0.15, 0.2) is 24.7 Å². The number of piperidine rings is 1. The molecular weight excluding hydrogens is 455 g/mol. The Bertz CT molecular complexity index is 1200. The molecule has 2 aromatic heterocycles. The van der Waals surface area contributed by atoms with Gasteiger partial charge in [0.1, 0.15) is 5.52 Å². The van der Waals surface area contributed by atoms with Crippen molar-refractivity contribution in [2.45, 2.75) is 31.0 Å². The molecule has 2 aliphatic rings. The van der Waals surface area contributed by atoms with Crippen molar-refractivity contribution in [2.24, 2.45) is 0 Å². The maximum atomic E-state index is 14.9. The number of benzene rings is 1. The Kier molecular flexibility index (Phi) is 5.77. The molecule has 3 aromatic rings. The van der Waals surface area contributed by atoms with E-state index in [0.717, 1.165) is 11.3 Å². The summed E-state index contributed by atoms with van der Waals surface area (Å²) < 4.78 is 22.3. The minimum atomic E-state index is -1.07. The lowest BCUT2D eigenvalue weighted by Crippen LogP contribution is -2.51. The lowest BCUT2D eigenvalue weighted by Gasteiger charge is -2.34. The summed E-state index contributed by atoms with van der Waals surface area (Å²) in [5.74, 6) is -0.277. The standard InChI is InChI=1S/C21H22ClFN6O4/c22-13-7-24-20(26-15-1-3-28(21(31)32)8-17(15)30)27-18(13)11-5-14(23)19-16(6-11)29(10-25-19)12-2-4-33-9-12/h5-7,10,12,15,17,30H,1-4,8-9H2,(H,31,32)(H,24,26,27)/t12?,15-,17-/m1/s1. The second-order valence-corrected chi connectivity index (χ2v) is 8.63. The van der Waals surface area contributed by atoms with E-state index in [0.29, 0.717) is 36.4 Å². The molecule has 4 heterocycles. The average molecular weight is 477 g/mol. The number of halogens is 2. The van der Waals surface area contributed by atoms with Crippen molar-refractivity contribution in [1.29, 1.82) is 0 Å². The highest BCUT2D eigenvalue weighted by molar-refractivity contribution is 6.33. The molecule has 0 aliphatic carbocycles. The normalized spacial score (nSPS) is 23.2. The van der Waals surface area contributed by atoms with Gasteiger partial charge in [-0.05, 0) is 25.0 Å². The summed E-state index contributed by atoms with van der Waals surface area (Å²) in [5.41, 5.74) is 1.70. The fourth-order valence-electron chi connectivity index (χ4n) is 4.34. The summed E-state index contributed by atoms with van der Waals surface area (Å²) in [6, 6.07) is 2.78. The first-order valence-corrected chi connectivity index (χ1v) is 11.0. The summed E-state index contributed by atoms with van der Waals surface area (Å²) in [5, 5.41) is 22.7. The smallest absolute Gasteiger partial charge is 0.407 e. The maximum Gasteiger partial charge on any atom is 0.407 e. The third kappa shape index (κ3) is 4.19. The van der Waals surface area contributed by atoms with Crippen LogP contribution >= 0.6 is 11.6 Å². The lowest BCUT2D eigenvalue weighted by molar-refractivity contribution is 0.0573. The SMILES string of the molecule is O=C(O)N1CC[C@@H](Nc2ncc(Cl)c(-c3cc(F)c4ncn(C5CCOC5)c4c3)n2)[C@H](O)C1. The lowest BCUT2D eigenvalue weighted by atomic mass is 10.0. The van der Waals surface area contributed by atoms with Crippen molar-refractivity contribution < 1.29 is 24.1 Å². The number of carbonyl (C=O) groups is 1. The van der Waals surface area contributed by atoms with Gasteiger partial charge >= 0.3 is 6.09 Å². The number of nitrogens with zero attached hydrogens (tertiary/aromatic N) is 5. The van der Waals surface area contributed by atoms with Crippen molar-refractivity contribution in [3.63, 3.8) is 0 Å². The quantitative estimate of drug-likeness (QED) is 0.525. The number of β-amino-alcohol motifs (C(OH)–C–C–N with tert-alkyl or cyclic N) is 1. The number of fused-ring (bicyclic) bond motifs is 1. The summed E-state index contributed by atoms with van der Waals surface area (Å²) in [6.07, 6.45) is 2.25. The number of imidazole rings is 1. The van der Waals surface area contributed by atoms with Crippen LogP contribution in [-0.4, -0.2) is 79.2 Å². The molecule has 3 atom stereocenters. The van der Waals surface area contributed by atoms with E-state index in [1.165, 1.54) is 12.3 Å². The Balaban J connectivity index is 1.44. The topological polar surface area (TPSA) is 126 Å². The van der Waals surface area contributed by atoms with Crippen LogP contribution in [0.2, 0.25) is 5.02 Å². The number of aromatic nitrogens is 4. The van der Waals surface area contributed by atoms with Crippen LogP contribution in [0.4, 0.5) is 15.1 Å². The first-order valence-electron chi connectivity index (χ1n) is 10.6. The number of aliphatic hydroxyl groups is 1. The van der Waals surface area contributed by atoms with Gasteiger partial charge in [-0.15, -0.1) is 0 Å². The van der Waals surface area contributed by atoms with Crippen molar-refractivity contribution in [2.75, 3.05) is 31.6 Å². The molecule has 0 spiro atoms. The predicted molar refractivity (Wildman–Crippen MR) is 118 cm³/mol. The number of hydrogen-bond donors (Lipinski definition) is 3. The molecule has 33 heavy (non-hydrogen) atoms. The van der Waals surface area contributed by atoms with Gasteiger partial charge in [0.15, 0.2) is 5.82 Å². The Labute approximate surface area is 193 Å². The fraction of sp³-hybridized carbons (Fsp3) is 0.429. The molecule has 1 amide bonds. The molecule has 0 bridgehead atoms. The Morgan fingerprint density at radius 2 is 2.15 bits per heavy atom. The molecule has 1 aromatic carbocycles. The highest BCUT2D eigenvalue weighted by Crippen LogP contribution is 2.33. The van der Waals surface area contributed by atoms with Gasteiger partial charge in [-0.2, -0.15) is 0 Å². The van der Waals surface area contributed by atoms with E-state index in [2.05, 4.69) is 20.3 Å². The van der Waals surface area contributed by atoms with E-state index in [4.69, 9.17) is 21.4 Å². The molecule has 0 saturated carbocycles. The monoisotopic (exact) mass is 476 g/mol. The maximum absolute atomic E-state index is 14.9. The molecule has 2 saturated heterocycles. The molecular formula is C21H22ClFN6O4. The van der Waals surface area contributed by atoms with Crippen molar-refractivity contribution in [3.05, 3.63) is 35.5 Å². The van der Waals surface area contributed by atoms with E-state index in [1.807, 2.05) is 4.57 Å². The fourth-order valence-corrected chi connectivity index (χ4v) is 4.54. The minimum absolute atomic E-state index is 0.00973. The largest absolute Gasteiger partial charge is 0.465 e. The predicted octanol–water partition coefficient (Wildman–Crippen LogP) is 2.77. The van der Waals surface area contributed by atoms with Gasteiger partial charge in [-0.1, -0.05) is 11.6 Å². The number of anilines is 1. The number of aliphatic hydroxyl groups excluding tert-OH is 1. The van der Waals surface area contributed by atoms with E-state index in [9.17, 15) is 14.3 Å². The van der Waals surface area contributed by atoms with Crippen molar-refractivity contribution in [3.8, 4) is 11.3 Å². The van der Waals surface area contributed by atoms with E-state index < -0.39 is 24.1 Å². The van der Waals surface area contributed by atoms with Crippen molar-refractivity contribution >= 4 is 34.7 Å². The Hall–Kier alpha value is -3.02. The zero-order valence-corrected chi connectivity index (χ0v) is 18.2. The zero-order chi connectivity index (χ0) is 23.1. The number of likely N-dealkylation sites (tertiary alicyclic amines) is 1. The van der Waals surface area contributed by atoms with Gasteiger partial charge in [0.25, 0.3) is 0 Å². The van der Waals surface area contributed by atoms with Crippen LogP contribution in [0.25, 0.3) is 22.3 Å². The third-order valence-corrected chi connectivity index (χ3v) is 6.39. The number of hydrogen-bond acceptors (Lipinski definition) is 7. The molecule has 1 unspecified atom stereocenters. The number of ether oxygens (including phenoxy) is 1. The van der Waals surface area contributed by atoms with Gasteiger partial charge in [0.2, 0.25) is 5.95 Å². The highest BCUT2D eigenvalue weighted by atomic mass is 35.5. The minimum Gasteiger partial charge on any atom is -0.465 e. The van der Waals surface area contributed by atoms with Gasteiger partial charge in [-0.25, -0.2) is 24.1 Å².